The Bertz CT molecular complexity index is 1170. The van der Waals surface area contributed by atoms with Crippen molar-refractivity contribution in [2.24, 2.45) is 17.8 Å². The van der Waals surface area contributed by atoms with E-state index in [0.717, 1.165) is 16.8 Å². The van der Waals surface area contributed by atoms with E-state index in [1.165, 1.54) is 4.90 Å². The minimum absolute atomic E-state index is 0.157. The number of likely N-dealkylation sites (tertiary alicyclic amines) is 1. The number of amides is 2. The van der Waals surface area contributed by atoms with E-state index in [4.69, 9.17) is 0 Å². The smallest absolute Gasteiger partial charge is 0.233 e. The van der Waals surface area contributed by atoms with Gasteiger partial charge in [-0.15, -0.1) is 0 Å². The second-order valence-electron chi connectivity index (χ2n) is 9.69. The van der Waals surface area contributed by atoms with Crippen molar-refractivity contribution in [3.63, 3.8) is 0 Å². The van der Waals surface area contributed by atoms with Gasteiger partial charge in [-0.2, -0.15) is 0 Å². The number of carbonyl (C=O) groups is 2. The fourth-order valence-electron chi connectivity index (χ4n) is 5.70. The van der Waals surface area contributed by atoms with Crippen molar-refractivity contribution < 1.29 is 24.9 Å². The first-order chi connectivity index (χ1) is 17.4. The SMILES string of the molecule is CCCN1C(=O)[C@@H]2[C@@H](CC(C)=C([C@H](O)CC/C(=C/c3ccccc3O)c3ccccn3)[C@@H]2CO)C1=O. The summed E-state index contributed by atoms with van der Waals surface area (Å²) in [4.78, 5) is 31.8. The van der Waals surface area contributed by atoms with Crippen LogP contribution in [0.3, 0.4) is 0 Å². The first-order valence-electron chi connectivity index (χ1n) is 12.6. The Morgan fingerprint density at radius 2 is 1.92 bits per heavy atom. The molecule has 2 amide bonds. The van der Waals surface area contributed by atoms with Gasteiger partial charge in [0.15, 0.2) is 0 Å². The van der Waals surface area contributed by atoms with Crippen LogP contribution in [0.15, 0.2) is 59.8 Å². The highest BCUT2D eigenvalue weighted by Crippen LogP contribution is 2.46. The van der Waals surface area contributed by atoms with E-state index in [0.29, 0.717) is 43.4 Å². The average molecular weight is 491 g/mol. The number of rotatable bonds is 9. The summed E-state index contributed by atoms with van der Waals surface area (Å²) in [5.74, 6) is -1.93. The number of imide groups is 1. The molecule has 190 valence electrons. The number of carbonyl (C=O) groups excluding carboxylic acids is 2. The highest BCUT2D eigenvalue weighted by Gasteiger charge is 2.54. The maximum atomic E-state index is 13.1. The normalized spacial score (nSPS) is 23.3. The standard InChI is InChI=1S/C29H34N2O5/c1-3-14-31-28(35)21-15-18(2)26(22(17-32)27(21)29(31)36)25(34)12-11-19(23-9-6-7-13-30-23)16-20-8-4-5-10-24(20)33/h4-10,13,16,21-22,25,27,32-34H,3,11-12,14-15,17H2,1-2H3/b19-16-/t21-,22+,25-,27-/m1/s1. The van der Waals surface area contributed by atoms with Gasteiger partial charge < -0.3 is 15.3 Å². The number of aliphatic hydroxyl groups is 2. The minimum Gasteiger partial charge on any atom is -0.507 e. The van der Waals surface area contributed by atoms with E-state index in [2.05, 4.69) is 4.98 Å². The number of aromatic nitrogens is 1. The predicted octanol–water partition coefficient (Wildman–Crippen LogP) is 3.81. The molecule has 1 aliphatic heterocycles. The van der Waals surface area contributed by atoms with Crippen LogP contribution >= 0.6 is 0 Å². The number of aliphatic hydroxyl groups excluding tert-OH is 2. The van der Waals surface area contributed by atoms with Crippen LogP contribution in [0, 0.1) is 17.8 Å². The number of aromatic hydroxyl groups is 1. The summed E-state index contributed by atoms with van der Waals surface area (Å²) in [5.41, 5.74) is 3.79. The van der Waals surface area contributed by atoms with Gasteiger partial charge in [0.2, 0.25) is 11.8 Å². The molecule has 1 fully saturated rings. The number of nitrogens with zero attached hydrogens (tertiary/aromatic N) is 2. The van der Waals surface area contributed by atoms with Crippen LogP contribution < -0.4 is 0 Å². The molecule has 3 N–H and O–H groups in total. The summed E-state index contributed by atoms with van der Waals surface area (Å²) >= 11 is 0. The molecular weight excluding hydrogens is 456 g/mol. The number of hydrogen-bond acceptors (Lipinski definition) is 6. The second-order valence-corrected chi connectivity index (χ2v) is 9.69. The van der Waals surface area contributed by atoms with Crippen LogP contribution in [0.4, 0.5) is 0 Å². The van der Waals surface area contributed by atoms with E-state index < -0.39 is 23.9 Å². The Labute approximate surface area is 211 Å². The third-order valence-corrected chi connectivity index (χ3v) is 7.37. The van der Waals surface area contributed by atoms with Crippen LogP contribution in [0.1, 0.15) is 50.8 Å². The number of allylic oxidation sites excluding steroid dienone is 2. The third-order valence-electron chi connectivity index (χ3n) is 7.37. The van der Waals surface area contributed by atoms with Crippen molar-refractivity contribution in [3.05, 3.63) is 71.1 Å². The molecule has 36 heavy (non-hydrogen) atoms. The summed E-state index contributed by atoms with van der Waals surface area (Å²) in [6.45, 7) is 3.89. The fraction of sp³-hybridized carbons (Fsp3) is 0.414. The maximum Gasteiger partial charge on any atom is 0.233 e. The van der Waals surface area contributed by atoms with Crippen LogP contribution in [-0.4, -0.2) is 56.3 Å². The summed E-state index contributed by atoms with van der Waals surface area (Å²) in [6.07, 6.45) is 4.59. The molecule has 4 rings (SSSR count). The molecule has 1 aromatic heterocycles. The Kier molecular flexibility index (Phi) is 8.01. The molecule has 1 saturated heterocycles. The highest BCUT2D eigenvalue weighted by molar-refractivity contribution is 6.05. The van der Waals surface area contributed by atoms with Gasteiger partial charge >= 0.3 is 0 Å². The Balaban J connectivity index is 1.59. The lowest BCUT2D eigenvalue weighted by atomic mass is 9.68. The topological polar surface area (TPSA) is 111 Å². The fourth-order valence-corrected chi connectivity index (χ4v) is 5.70. The van der Waals surface area contributed by atoms with E-state index in [1.54, 1.807) is 18.3 Å². The Morgan fingerprint density at radius 3 is 2.58 bits per heavy atom. The first kappa shape index (κ1) is 25.8. The number of phenols is 1. The lowest BCUT2D eigenvalue weighted by Gasteiger charge is -2.35. The molecule has 1 aliphatic carbocycles. The average Bonchev–Trinajstić information content (AvgIpc) is 3.11. The molecule has 2 aromatic rings. The van der Waals surface area contributed by atoms with Crippen LogP contribution in [0.25, 0.3) is 11.6 Å². The van der Waals surface area contributed by atoms with Crippen LogP contribution in [0.5, 0.6) is 5.75 Å². The Hall–Kier alpha value is -3.29. The molecule has 0 saturated carbocycles. The molecule has 2 aliphatic rings. The molecule has 0 spiro atoms. The maximum absolute atomic E-state index is 13.1. The van der Waals surface area contributed by atoms with Gasteiger partial charge in [-0.3, -0.25) is 19.5 Å². The predicted molar refractivity (Wildman–Crippen MR) is 137 cm³/mol. The van der Waals surface area contributed by atoms with Gasteiger partial charge in [-0.25, -0.2) is 0 Å². The van der Waals surface area contributed by atoms with E-state index in [-0.39, 0.29) is 24.2 Å². The van der Waals surface area contributed by atoms with E-state index in [9.17, 15) is 24.9 Å². The van der Waals surface area contributed by atoms with Gasteiger partial charge in [0.25, 0.3) is 0 Å². The van der Waals surface area contributed by atoms with Crippen LogP contribution in [-0.2, 0) is 9.59 Å². The summed E-state index contributed by atoms with van der Waals surface area (Å²) in [6, 6.07) is 12.6. The first-order valence-corrected chi connectivity index (χ1v) is 12.6. The molecular formula is C29H34N2O5. The molecule has 7 nitrogen and oxygen atoms in total. The number of hydrogen-bond donors (Lipinski definition) is 3. The molecule has 0 radical (unpaired) electrons. The third kappa shape index (κ3) is 4.99. The molecule has 0 unspecified atom stereocenters. The summed E-state index contributed by atoms with van der Waals surface area (Å²) in [5, 5.41) is 31.9. The molecule has 7 heteroatoms. The van der Waals surface area contributed by atoms with Crippen molar-refractivity contribution in [2.45, 2.75) is 45.6 Å². The van der Waals surface area contributed by atoms with Gasteiger partial charge in [0, 0.05) is 24.2 Å². The number of phenolic OH excluding ortho intramolecular Hbond substituents is 1. The van der Waals surface area contributed by atoms with Crippen LogP contribution in [0.2, 0.25) is 0 Å². The monoisotopic (exact) mass is 490 g/mol. The quantitative estimate of drug-likeness (QED) is 0.364. The lowest BCUT2D eigenvalue weighted by Crippen LogP contribution is -2.38. The van der Waals surface area contributed by atoms with Crippen molar-refractivity contribution >= 4 is 23.5 Å². The molecule has 4 atom stereocenters. The lowest BCUT2D eigenvalue weighted by molar-refractivity contribution is -0.140. The van der Waals surface area contributed by atoms with Gasteiger partial charge in [0.05, 0.1) is 30.2 Å². The largest absolute Gasteiger partial charge is 0.507 e. The summed E-state index contributed by atoms with van der Waals surface area (Å²) in [7, 11) is 0. The van der Waals surface area contributed by atoms with E-state index in [1.807, 2.05) is 50.3 Å². The van der Waals surface area contributed by atoms with Crippen molar-refractivity contribution in [1.82, 2.24) is 9.88 Å². The number of fused-ring (bicyclic) bond motifs is 1. The van der Waals surface area contributed by atoms with Crippen molar-refractivity contribution in [1.29, 1.82) is 0 Å². The van der Waals surface area contributed by atoms with Crippen molar-refractivity contribution in [2.75, 3.05) is 13.2 Å². The second kappa shape index (κ2) is 11.2. The van der Waals surface area contributed by atoms with Crippen molar-refractivity contribution in [3.8, 4) is 5.75 Å². The molecule has 2 heterocycles. The number of benzene rings is 1. The summed E-state index contributed by atoms with van der Waals surface area (Å²) < 4.78 is 0. The number of pyridine rings is 1. The van der Waals surface area contributed by atoms with Gasteiger partial charge in [0.1, 0.15) is 5.75 Å². The number of para-hydroxylation sites is 1. The Morgan fingerprint density at radius 1 is 1.17 bits per heavy atom. The minimum atomic E-state index is -0.886. The zero-order valence-corrected chi connectivity index (χ0v) is 20.8. The zero-order valence-electron chi connectivity index (χ0n) is 20.8. The molecule has 1 aromatic carbocycles. The highest BCUT2D eigenvalue weighted by atomic mass is 16.3. The van der Waals surface area contributed by atoms with Gasteiger partial charge in [-0.1, -0.05) is 36.8 Å². The molecule has 0 bridgehead atoms. The zero-order chi connectivity index (χ0) is 25.8. The van der Waals surface area contributed by atoms with Gasteiger partial charge in [-0.05, 0) is 68.0 Å². The van der Waals surface area contributed by atoms with E-state index >= 15 is 0 Å².